The molecule has 0 saturated heterocycles. The number of fused-ring (bicyclic) bond motifs is 2. The van der Waals surface area contributed by atoms with E-state index >= 15 is 0 Å². The number of amides is 3. The molecule has 0 spiro atoms. The van der Waals surface area contributed by atoms with Crippen LogP contribution >= 0.6 is 0 Å². The number of nitrogens with zero attached hydrogens (tertiary/aromatic N) is 1. The van der Waals surface area contributed by atoms with Crippen LogP contribution < -0.4 is 16.0 Å². The Bertz CT molecular complexity index is 990. The Balaban J connectivity index is 2.44. The number of unbranched alkanes of at least 4 members (excludes halogenated alkanes) is 1. The van der Waals surface area contributed by atoms with Crippen molar-refractivity contribution in [1.82, 2.24) is 20.9 Å². The number of cyclic esters (lactones) is 1. The standard InChI is InChI=1S/C24H31FN4O5/c1-5-7-8-9-16-12-19(30)26-13-15-10-11-17(25)21(27-15)23(32)28-18(6-2)22(31)29-20(14(3)4)24(33)34-16/h6,8-11,14,16,20H,5,7,12-13H2,1-4H3,(H,26,30)(H,28,32)(H,29,31)/b9-8+,18-6-/t16-,20+/m1/s1. The Labute approximate surface area is 198 Å². The zero-order chi connectivity index (χ0) is 25.3. The number of halogens is 1. The van der Waals surface area contributed by atoms with Crippen LogP contribution in [0.2, 0.25) is 0 Å². The first-order valence-corrected chi connectivity index (χ1v) is 11.2. The first kappa shape index (κ1) is 26.7. The van der Waals surface area contributed by atoms with Crippen LogP contribution in [0.4, 0.5) is 4.39 Å². The number of carbonyl (C=O) groups excluding carboxylic acids is 4. The number of pyridine rings is 1. The Hall–Kier alpha value is -3.56. The van der Waals surface area contributed by atoms with E-state index in [2.05, 4.69) is 20.9 Å². The molecule has 2 rings (SSSR count). The molecule has 10 heteroatoms. The van der Waals surface area contributed by atoms with Gasteiger partial charge >= 0.3 is 5.97 Å². The normalized spacial score (nSPS) is 21.9. The SMILES string of the molecule is C/C=C1\NC(=O)c2nc(ccc2F)CNC(=O)C[C@@H](/C=C/CCC)OC(=O)[C@H](C(C)C)NC1=O. The van der Waals surface area contributed by atoms with Crippen molar-refractivity contribution < 1.29 is 28.3 Å². The summed E-state index contributed by atoms with van der Waals surface area (Å²) in [6.07, 6.45) is 5.43. The number of hydrogen-bond acceptors (Lipinski definition) is 6. The second-order valence-corrected chi connectivity index (χ2v) is 8.16. The molecular formula is C24H31FN4O5. The van der Waals surface area contributed by atoms with Crippen molar-refractivity contribution in [3.8, 4) is 0 Å². The molecule has 0 aliphatic carbocycles. The third-order valence-corrected chi connectivity index (χ3v) is 5.03. The highest BCUT2D eigenvalue weighted by Crippen LogP contribution is 2.12. The number of carbonyl (C=O) groups is 4. The highest BCUT2D eigenvalue weighted by atomic mass is 19.1. The predicted molar refractivity (Wildman–Crippen MR) is 123 cm³/mol. The Kier molecular flexibility index (Phi) is 9.91. The first-order chi connectivity index (χ1) is 16.2. The van der Waals surface area contributed by atoms with Crippen molar-refractivity contribution in [2.75, 3.05) is 0 Å². The Morgan fingerprint density at radius 1 is 1.21 bits per heavy atom. The quantitative estimate of drug-likeness (QED) is 0.349. The summed E-state index contributed by atoms with van der Waals surface area (Å²) in [5.74, 6) is -4.06. The van der Waals surface area contributed by atoms with Crippen molar-refractivity contribution in [2.24, 2.45) is 5.92 Å². The Morgan fingerprint density at radius 3 is 2.59 bits per heavy atom. The highest BCUT2D eigenvalue weighted by molar-refractivity contribution is 6.03. The van der Waals surface area contributed by atoms with E-state index in [1.807, 2.05) is 13.0 Å². The molecule has 2 heterocycles. The summed E-state index contributed by atoms with van der Waals surface area (Å²) in [6, 6.07) is 1.36. The van der Waals surface area contributed by atoms with Gasteiger partial charge in [0.25, 0.3) is 11.8 Å². The van der Waals surface area contributed by atoms with Crippen molar-refractivity contribution in [1.29, 1.82) is 0 Å². The zero-order valence-corrected chi connectivity index (χ0v) is 19.8. The van der Waals surface area contributed by atoms with Crippen molar-refractivity contribution in [2.45, 2.75) is 65.6 Å². The minimum absolute atomic E-state index is 0.0652. The van der Waals surface area contributed by atoms with Gasteiger partial charge in [0.15, 0.2) is 11.5 Å². The van der Waals surface area contributed by atoms with Gasteiger partial charge in [-0.1, -0.05) is 39.3 Å². The maximum Gasteiger partial charge on any atom is 0.329 e. The number of ether oxygens (including phenoxy) is 1. The minimum Gasteiger partial charge on any atom is -0.456 e. The predicted octanol–water partition coefficient (Wildman–Crippen LogP) is 2.28. The van der Waals surface area contributed by atoms with E-state index in [0.717, 1.165) is 18.9 Å². The van der Waals surface area contributed by atoms with Crippen LogP contribution in [0.15, 0.2) is 36.1 Å². The van der Waals surface area contributed by atoms with Gasteiger partial charge in [0.05, 0.1) is 18.7 Å². The van der Waals surface area contributed by atoms with Crippen LogP contribution in [0.25, 0.3) is 0 Å². The average molecular weight is 475 g/mol. The average Bonchev–Trinajstić information content (AvgIpc) is 2.79. The molecule has 0 unspecified atom stereocenters. The summed E-state index contributed by atoms with van der Waals surface area (Å²) in [6.45, 7) is 6.88. The summed E-state index contributed by atoms with van der Waals surface area (Å²) < 4.78 is 19.8. The lowest BCUT2D eigenvalue weighted by atomic mass is 10.0. The lowest BCUT2D eigenvalue weighted by Gasteiger charge is -2.24. The largest absolute Gasteiger partial charge is 0.456 e. The van der Waals surface area contributed by atoms with Crippen LogP contribution in [0.1, 0.15) is 63.1 Å². The smallest absolute Gasteiger partial charge is 0.329 e. The lowest BCUT2D eigenvalue weighted by Crippen LogP contribution is -2.48. The number of allylic oxidation sites excluding steroid dienone is 2. The number of hydrogen-bond donors (Lipinski definition) is 3. The molecule has 1 aromatic heterocycles. The summed E-state index contributed by atoms with van der Waals surface area (Å²) in [7, 11) is 0. The topological polar surface area (TPSA) is 126 Å². The van der Waals surface area contributed by atoms with E-state index in [1.54, 1.807) is 19.9 Å². The molecule has 184 valence electrons. The summed E-state index contributed by atoms with van der Waals surface area (Å²) in [5, 5.41) is 7.53. The molecule has 0 radical (unpaired) electrons. The van der Waals surface area contributed by atoms with Crippen molar-refractivity contribution in [3.05, 3.63) is 53.3 Å². The summed E-state index contributed by atoms with van der Waals surface area (Å²) in [5.41, 5.74) is -0.450. The van der Waals surface area contributed by atoms with Gasteiger partial charge in [-0.15, -0.1) is 0 Å². The van der Waals surface area contributed by atoms with Gasteiger partial charge in [-0.25, -0.2) is 14.2 Å². The van der Waals surface area contributed by atoms with E-state index < -0.39 is 47.3 Å². The molecule has 2 bridgehead atoms. The van der Waals surface area contributed by atoms with E-state index in [4.69, 9.17) is 4.74 Å². The van der Waals surface area contributed by atoms with Crippen LogP contribution in [-0.2, 0) is 25.7 Å². The molecule has 9 nitrogen and oxygen atoms in total. The number of nitrogens with one attached hydrogen (secondary N) is 3. The fourth-order valence-electron chi connectivity index (χ4n) is 3.13. The highest BCUT2D eigenvalue weighted by Gasteiger charge is 2.30. The molecule has 1 aliphatic heterocycles. The summed E-state index contributed by atoms with van der Waals surface area (Å²) in [4.78, 5) is 54.8. The van der Waals surface area contributed by atoms with Crippen LogP contribution in [0, 0.1) is 11.7 Å². The maximum absolute atomic E-state index is 14.3. The Morgan fingerprint density at radius 2 is 1.94 bits per heavy atom. The molecular weight excluding hydrogens is 443 g/mol. The second-order valence-electron chi connectivity index (χ2n) is 8.16. The summed E-state index contributed by atoms with van der Waals surface area (Å²) >= 11 is 0. The van der Waals surface area contributed by atoms with E-state index in [1.165, 1.54) is 19.1 Å². The van der Waals surface area contributed by atoms with Crippen molar-refractivity contribution in [3.63, 3.8) is 0 Å². The molecule has 1 aliphatic rings. The monoisotopic (exact) mass is 474 g/mol. The van der Waals surface area contributed by atoms with Gasteiger partial charge < -0.3 is 20.7 Å². The van der Waals surface area contributed by atoms with Gasteiger partial charge in [0.1, 0.15) is 17.8 Å². The van der Waals surface area contributed by atoms with Gasteiger partial charge in [-0.2, -0.15) is 0 Å². The van der Waals surface area contributed by atoms with E-state index in [9.17, 15) is 23.6 Å². The molecule has 3 amide bonds. The van der Waals surface area contributed by atoms with E-state index in [0.29, 0.717) is 0 Å². The van der Waals surface area contributed by atoms with Gasteiger partial charge in [0, 0.05) is 0 Å². The number of esters is 1. The number of aromatic nitrogens is 1. The third-order valence-electron chi connectivity index (χ3n) is 5.03. The lowest BCUT2D eigenvalue weighted by molar-refractivity contribution is -0.153. The maximum atomic E-state index is 14.3. The van der Waals surface area contributed by atoms with Gasteiger partial charge in [0.2, 0.25) is 5.91 Å². The van der Waals surface area contributed by atoms with Crippen LogP contribution in [-0.4, -0.2) is 40.8 Å². The second kappa shape index (κ2) is 12.6. The van der Waals surface area contributed by atoms with Crippen molar-refractivity contribution >= 4 is 23.7 Å². The molecule has 0 aromatic carbocycles. The fraction of sp³-hybridized carbons (Fsp3) is 0.458. The van der Waals surface area contributed by atoms with Gasteiger partial charge in [-0.05, 0) is 37.5 Å². The first-order valence-electron chi connectivity index (χ1n) is 11.2. The molecule has 0 fully saturated rings. The minimum atomic E-state index is -1.05. The molecule has 0 saturated carbocycles. The zero-order valence-electron chi connectivity index (χ0n) is 19.8. The van der Waals surface area contributed by atoms with Crippen LogP contribution in [0.3, 0.4) is 0 Å². The fourth-order valence-corrected chi connectivity index (χ4v) is 3.13. The van der Waals surface area contributed by atoms with Crippen LogP contribution in [0.5, 0.6) is 0 Å². The van der Waals surface area contributed by atoms with E-state index in [-0.39, 0.29) is 30.3 Å². The third kappa shape index (κ3) is 7.50. The molecule has 34 heavy (non-hydrogen) atoms. The molecule has 3 N–H and O–H groups in total. The molecule has 1 aromatic rings. The molecule has 2 atom stereocenters. The van der Waals surface area contributed by atoms with Gasteiger partial charge in [-0.3, -0.25) is 14.4 Å². The number of rotatable bonds is 4.